The first kappa shape index (κ1) is 16.9. The van der Waals surface area contributed by atoms with Gasteiger partial charge in [-0.2, -0.15) is 0 Å². The second kappa shape index (κ2) is 7.74. The molecule has 130 valence electrons. The summed E-state index contributed by atoms with van der Waals surface area (Å²) in [5.41, 5.74) is 4.29. The number of aliphatic imine (C=N–C) groups is 1. The van der Waals surface area contributed by atoms with Crippen LogP contribution in [0.3, 0.4) is 0 Å². The van der Waals surface area contributed by atoms with Gasteiger partial charge in [-0.05, 0) is 25.0 Å². The van der Waals surface area contributed by atoms with E-state index in [2.05, 4.69) is 15.5 Å². The van der Waals surface area contributed by atoms with Gasteiger partial charge in [-0.25, -0.2) is 10.4 Å². The average Bonchev–Trinajstić information content (AvgIpc) is 3.13. The fraction of sp³-hybridized carbons (Fsp3) is 0.333. The maximum atomic E-state index is 11.1. The van der Waals surface area contributed by atoms with Crippen LogP contribution in [0.5, 0.6) is 0 Å². The lowest BCUT2D eigenvalue weighted by molar-refractivity contribution is -0.111. The Balaban J connectivity index is 1.78. The summed E-state index contributed by atoms with van der Waals surface area (Å²) in [7, 11) is 0. The van der Waals surface area contributed by atoms with Gasteiger partial charge in [0.1, 0.15) is 12.0 Å². The van der Waals surface area contributed by atoms with E-state index < -0.39 is 0 Å². The predicted octanol–water partition coefficient (Wildman–Crippen LogP) is 2.12. The minimum Gasteiger partial charge on any atom is -0.417 e. The second-order valence-corrected chi connectivity index (χ2v) is 5.87. The number of hydrazone groups is 1. The highest BCUT2D eigenvalue weighted by molar-refractivity contribution is 6.03. The molecule has 3 rings (SSSR count). The van der Waals surface area contributed by atoms with Crippen LogP contribution in [0.25, 0.3) is 0 Å². The largest absolute Gasteiger partial charge is 0.417 e. The number of rotatable bonds is 6. The number of carbonyl (C=O) groups excluding carboxylic acids is 1. The SMILES string of the molecule is CCC(C=O)CCN1CC=NC(=N)C1=C1NN=C(c2ccccc2)O1. The number of nitrogens with one attached hydrogen (secondary N) is 2. The Bertz CT molecular complexity index is 739. The van der Waals surface area contributed by atoms with Gasteiger partial charge in [0.15, 0.2) is 5.84 Å². The lowest BCUT2D eigenvalue weighted by Crippen LogP contribution is -2.36. The number of nitrogens with zero attached hydrogens (tertiary/aromatic N) is 3. The molecule has 2 aliphatic rings. The van der Waals surface area contributed by atoms with E-state index in [0.29, 0.717) is 30.6 Å². The number of benzene rings is 1. The van der Waals surface area contributed by atoms with Crippen LogP contribution in [0.4, 0.5) is 0 Å². The molecule has 0 spiro atoms. The van der Waals surface area contributed by atoms with Crippen molar-refractivity contribution < 1.29 is 9.53 Å². The maximum Gasteiger partial charge on any atom is 0.245 e. The number of aldehydes is 1. The van der Waals surface area contributed by atoms with Gasteiger partial charge in [0, 0.05) is 24.2 Å². The van der Waals surface area contributed by atoms with Crippen molar-refractivity contribution in [1.29, 1.82) is 5.41 Å². The van der Waals surface area contributed by atoms with E-state index in [-0.39, 0.29) is 11.8 Å². The standard InChI is InChI=1S/C18H21N5O2/c1-2-13(12-24)8-10-23-11-9-20-16(19)15(23)18-22-21-17(25-18)14-6-4-3-5-7-14/h3-7,9,12-13,19,22H,2,8,10-11H2,1H3. The highest BCUT2D eigenvalue weighted by atomic mass is 16.5. The molecule has 1 unspecified atom stereocenters. The summed E-state index contributed by atoms with van der Waals surface area (Å²) in [5.74, 6) is 1.01. The van der Waals surface area contributed by atoms with Crippen molar-refractivity contribution in [3.63, 3.8) is 0 Å². The van der Waals surface area contributed by atoms with Gasteiger partial charge in [-0.15, -0.1) is 5.10 Å². The third kappa shape index (κ3) is 3.76. The van der Waals surface area contributed by atoms with Gasteiger partial charge in [0.25, 0.3) is 0 Å². The van der Waals surface area contributed by atoms with Gasteiger partial charge in [0.05, 0.1) is 6.54 Å². The molecule has 7 heteroatoms. The predicted molar refractivity (Wildman–Crippen MR) is 96.5 cm³/mol. The van der Waals surface area contributed by atoms with Gasteiger partial charge < -0.3 is 14.4 Å². The van der Waals surface area contributed by atoms with Crippen molar-refractivity contribution in [2.75, 3.05) is 13.1 Å². The lowest BCUT2D eigenvalue weighted by Gasteiger charge is -2.29. The smallest absolute Gasteiger partial charge is 0.245 e. The van der Waals surface area contributed by atoms with Crippen LogP contribution in [0.2, 0.25) is 0 Å². The lowest BCUT2D eigenvalue weighted by atomic mass is 10.0. The van der Waals surface area contributed by atoms with Crippen molar-refractivity contribution in [2.24, 2.45) is 16.0 Å². The van der Waals surface area contributed by atoms with E-state index in [1.807, 2.05) is 42.2 Å². The van der Waals surface area contributed by atoms with Crippen LogP contribution in [0.15, 0.2) is 52.0 Å². The number of ether oxygens (including phenoxy) is 1. The molecule has 7 nitrogen and oxygen atoms in total. The molecule has 0 fully saturated rings. The van der Waals surface area contributed by atoms with Crippen molar-refractivity contribution in [3.05, 3.63) is 47.5 Å². The molecular weight excluding hydrogens is 318 g/mol. The van der Waals surface area contributed by atoms with Crippen molar-refractivity contribution in [2.45, 2.75) is 19.8 Å². The minimum absolute atomic E-state index is 0.0212. The maximum absolute atomic E-state index is 11.1. The van der Waals surface area contributed by atoms with Crippen LogP contribution in [0, 0.1) is 11.3 Å². The molecule has 0 aliphatic carbocycles. The topological polar surface area (TPSA) is 90.1 Å². The van der Waals surface area contributed by atoms with Crippen molar-refractivity contribution >= 4 is 24.2 Å². The van der Waals surface area contributed by atoms with Crippen LogP contribution < -0.4 is 5.43 Å². The first-order chi connectivity index (χ1) is 12.2. The number of hydrogen-bond donors (Lipinski definition) is 2. The molecule has 0 aromatic heterocycles. The average molecular weight is 339 g/mol. The zero-order valence-electron chi connectivity index (χ0n) is 14.1. The molecule has 0 saturated carbocycles. The van der Waals surface area contributed by atoms with Crippen molar-refractivity contribution in [3.8, 4) is 0 Å². The normalized spacial score (nSPS) is 20.8. The van der Waals surface area contributed by atoms with Gasteiger partial charge in [0.2, 0.25) is 11.8 Å². The molecule has 0 amide bonds. The molecule has 0 radical (unpaired) electrons. The Morgan fingerprint density at radius 2 is 2.20 bits per heavy atom. The van der Waals surface area contributed by atoms with Crippen LogP contribution in [0.1, 0.15) is 25.3 Å². The van der Waals surface area contributed by atoms with Gasteiger partial charge in [-0.3, -0.25) is 5.41 Å². The summed E-state index contributed by atoms with van der Waals surface area (Å²) < 4.78 is 5.84. The van der Waals surface area contributed by atoms with Gasteiger partial charge >= 0.3 is 0 Å². The molecule has 1 aromatic carbocycles. The zero-order chi connectivity index (χ0) is 17.6. The monoisotopic (exact) mass is 339 g/mol. The molecule has 25 heavy (non-hydrogen) atoms. The van der Waals surface area contributed by atoms with Gasteiger partial charge in [-0.1, -0.05) is 25.1 Å². The summed E-state index contributed by atoms with van der Waals surface area (Å²) in [6.07, 6.45) is 4.23. The Morgan fingerprint density at radius 3 is 2.92 bits per heavy atom. The molecule has 2 aliphatic heterocycles. The highest BCUT2D eigenvalue weighted by Crippen LogP contribution is 2.21. The summed E-state index contributed by atoms with van der Waals surface area (Å²) in [6.45, 7) is 3.22. The van der Waals surface area contributed by atoms with E-state index in [1.165, 1.54) is 0 Å². The van der Waals surface area contributed by atoms with E-state index >= 15 is 0 Å². The molecule has 1 atom stereocenters. The van der Waals surface area contributed by atoms with E-state index in [0.717, 1.165) is 24.7 Å². The second-order valence-electron chi connectivity index (χ2n) is 5.87. The quantitative estimate of drug-likeness (QED) is 0.777. The summed E-state index contributed by atoms with van der Waals surface area (Å²) in [5, 5.41) is 12.4. The van der Waals surface area contributed by atoms with E-state index in [9.17, 15) is 4.79 Å². The molecular formula is C18H21N5O2. The van der Waals surface area contributed by atoms with Crippen LogP contribution in [-0.4, -0.2) is 42.2 Å². The summed E-state index contributed by atoms with van der Waals surface area (Å²) in [6, 6.07) is 9.57. The van der Waals surface area contributed by atoms with E-state index in [1.54, 1.807) is 6.21 Å². The molecule has 1 aromatic rings. The Morgan fingerprint density at radius 1 is 1.40 bits per heavy atom. The zero-order valence-corrected chi connectivity index (χ0v) is 14.1. The number of carbonyl (C=O) groups is 1. The highest BCUT2D eigenvalue weighted by Gasteiger charge is 2.27. The Hall–Kier alpha value is -2.96. The summed E-state index contributed by atoms with van der Waals surface area (Å²) >= 11 is 0. The fourth-order valence-corrected chi connectivity index (χ4v) is 2.73. The first-order valence-corrected chi connectivity index (χ1v) is 8.35. The third-order valence-electron chi connectivity index (χ3n) is 4.24. The molecule has 2 N–H and O–H groups in total. The van der Waals surface area contributed by atoms with Crippen LogP contribution >= 0.6 is 0 Å². The first-order valence-electron chi connectivity index (χ1n) is 8.35. The Kier molecular flexibility index (Phi) is 5.23. The minimum atomic E-state index is 0.0212. The third-order valence-corrected chi connectivity index (χ3v) is 4.24. The molecule has 0 saturated heterocycles. The van der Waals surface area contributed by atoms with Crippen molar-refractivity contribution in [1.82, 2.24) is 10.3 Å². The van der Waals surface area contributed by atoms with Crippen LogP contribution in [-0.2, 0) is 9.53 Å². The molecule has 2 heterocycles. The fourth-order valence-electron chi connectivity index (χ4n) is 2.73. The number of amidine groups is 1. The summed E-state index contributed by atoms with van der Waals surface area (Å²) in [4.78, 5) is 17.1. The Labute approximate surface area is 146 Å². The number of hydrogen-bond acceptors (Lipinski definition) is 6. The van der Waals surface area contributed by atoms with E-state index in [4.69, 9.17) is 10.1 Å². The molecule has 0 bridgehead atoms.